The quantitative estimate of drug-likeness (QED) is 0.376. The van der Waals surface area contributed by atoms with Gasteiger partial charge in [-0.25, -0.2) is 0 Å². The van der Waals surface area contributed by atoms with Gasteiger partial charge in [0.15, 0.2) is 5.76 Å². The van der Waals surface area contributed by atoms with Crippen LogP contribution in [0.25, 0.3) is 26.9 Å². The first-order valence-corrected chi connectivity index (χ1v) is 10.7. The number of amides is 1. The van der Waals surface area contributed by atoms with Gasteiger partial charge in [-0.05, 0) is 48.9 Å². The van der Waals surface area contributed by atoms with Crippen LogP contribution in [0.1, 0.15) is 16.1 Å². The van der Waals surface area contributed by atoms with Gasteiger partial charge < -0.3 is 14.5 Å². The fraction of sp³-hybridized carbons (Fsp3) is 0.0909. The highest BCUT2D eigenvalue weighted by atomic mass is 35.5. The molecule has 0 atom stereocenters. The second kappa shape index (κ2) is 8.10. The number of furan rings is 1. The van der Waals surface area contributed by atoms with E-state index in [-0.39, 0.29) is 5.76 Å². The lowest BCUT2D eigenvalue weighted by Gasteiger charge is -2.10. The third-order valence-electron chi connectivity index (χ3n) is 4.87. The molecule has 0 radical (unpaired) electrons. The Morgan fingerprint density at radius 1 is 1.16 bits per heavy atom. The van der Waals surface area contributed by atoms with E-state index in [0.29, 0.717) is 27.2 Å². The number of carbonyl (C=O) groups excluding carboxylic acids is 1. The monoisotopic (exact) mass is 465 g/mol. The number of carbonyl (C=O) groups is 1. The zero-order valence-corrected chi connectivity index (χ0v) is 18.6. The summed E-state index contributed by atoms with van der Waals surface area (Å²) in [5.74, 6) is 0.839. The highest BCUT2D eigenvalue weighted by Gasteiger charge is 2.17. The molecule has 5 rings (SSSR count). The average molecular weight is 466 g/mol. The first kappa shape index (κ1) is 20.2. The predicted molar refractivity (Wildman–Crippen MR) is 122 cm³/mol. The fourth-order valence-electron chi connectivity index (χ4n) is 3.16. The standard InChI is InChI=1S/C22H16ClN5O3S/c1-12-3-4-13(9-15(12)23)17-7-8-19(31-17)20(29)25-16-10-14(5-6-18(16)30-2)21-27-28-11-24-26-22(28)32-21/h3-11H,1-2H3,(H,25,29). The van der Waals surface area contributed by atoms with Crippen LogP contribution in [0.4, 0.5) is 5.69 Å². The van der Waals surface area contributed by atoms with Crippen molar-refractivity contribution in [3.8, 4) is 27.6 Å². The molecule has 0 fully saturated rings. The third-order valence-corrected chi connectivity index (χ3v) is 6.24. The number of benzene rings is 2. The maximum atomic E-state index is 12.9. The summed E-state index contributed by atoms with van der Waals surface area (Å²) >= 11 is 7.60. The van der Waals surface area contributed by atoms with Crippen molar-refractivity contribution in [3.63, 3.8) is 0 Å². The number of fused-ring (bicyclic) bond motifs is 1. The molecule has 10 heteroatoms. The van der Waals surface area contributed by atoms with Crippen LogP contribution in [0.15, 0.2) is 59.3 Å². The number of aryl methyl sites for hydroxylation is 1. The molecule has 1 N–H and O–H groups in total. The summed E-state index contributed by atoms with van der Waals surface area (Å²) in [5.41, 5.74) is 3.07. The van der Waals surface area contributed by atoms with Crippen molar-refractivity contribution in [2.75, 3.05) is 12.4 Å². The topological polar surface area (TPSA) is 94.5 Å². The first-order valence-electron chi connectivity index (χ1n) is 9.55. The second-order valence-corrected chi connectivity index (χ2v) is 8.33. The van der Waals surface area contributed by atoms with Gasteiger partial charge in [-0.1, -0.05) is 35.1 Å². The Kier molecular flexibility index (Phi) is 5.12. The van der Waals surface area contributed by atoms with Crippen LogP contribution in [0.5, 0.6) is 5.75 Å². The number of nitrogens with one attached hydrogen (secondary N) is 1. The molecule has 160 valence electrons. The van der Waals surface area contributed by atoms with Crippen LogP contribution in [0, 0.1) is 6.92 Å². The van der Waals surface area contributed by atoms with E-state index in [1.54, 1.807) is 35.9 Å². The smallest absolute Gasteiger partial charge is 0.291 e. The lowest BCUT2D eigenvalue weighted by atomic mass is 10.1. The van der Waals surface area contributed by atoms with Gasteiger partial charge in [-0.2, -0.15) is 9.61 Å². The maximum Gasteiger partial charge on any atom is 0.291 e. The average Bonchev–Trinajstić information content (AvgIpc) is 3.52. The molecule has 5 aromatic rings. The molecule has 3 heterocycles. The Morgan fingerprint density at radius 3 is 2.78 bits per heavy atom. The Balaban J connectivity index is 1.41. The molecule has 3 aromatic heterocycles. The minimum atomic E-state index is -0.400. The lowest BCUT2D eigenvalue weighted by Crippen LogP contribution is -2.11. The fourth-order valence-corrected chi connectivity index (χ4v) is 4.16. The predicted octanol–water partition coefficient (Wildman–Crippen LogP) is 5.34. The van der Waals surface area contributed by atoms with Crippen molar-refractivity contribution < 1.29 is 13.9 Å². The number of halogens is 1. The van der Waals surface area contributed by atoms with Crippen molar-refractivity contribution in [2.45, 2.75) is 6.92 Å². The number of methoxy groups -OCH3 is 1. The summed E-state index contributed by atoms with van der Waals surface area (Å²) in [6.07, 6.45) is 1.54. The Bertz CT molecular complexity index is 1430. The number of ether oxygens (including phenoxy) is 1. The van der Waals surface area contributed by atoms with Gasteiger partial charge in [0.25, 0.3) is 5.91 Å². The van der Waals surface area contributed by atoms with Crippen molar-refractivity contribution in [1.82, 2.24) is 19.8 Å². The number of aromatic nitrogens is 4. The molecule has 0 saturated carbocycles. The van der Waals surface area contributed by atoms with Crippen molar-refractivity contribution >= 4 is 39.5 Å². The number of hydrogen-bond acceptors (Lipinski definition) is 7. The van der Waals surface area contributed by atoms with Crippen molar-refractivity contribution in [1.29, 1.82) is 0 Å². The molecular weight excluding hydrogens is 450 g/mol. The van der Waals surface area contributed by atoms with Crippen LogP contribution < -0.4 is 10.1 Å². The highest BCUT2D eigenvalue weighted by Crippen LogP contribution is 2.33. The second-order valence-electron chi connectivity index (χ2n) is 6.96. The van der Waals surface area contributed by atoms with E-state index < -0.39 is 5.91 Å². The van der Waals surface area contributed by atoms with E-state index in [4.69, 9.17) is 20.8 Å². The largest absolute Gasteiger partial charge is 0.495 e. The minimum Gasteiger partial charge on any atom is -0.495 e. The van der Waals surface area contributed by atoms with Crippen LogP contribution in [0.3, 0.4) is 0 Å². The minimum absolute atomic E-state index is 0.169. The number of nitrogens with zero attached hydrogens (tertiary/aromatic N) is 4. The summed E-state index contributed by atoms with van der Waals surface area (Å²) in [5, 5.41) is 16.5. The van der Waals surface area contributed by atoms with Gasteiger partial charge in [-0.15, -0.1) is 10.2 Å². The van der Waals surface area contributed by atoms with E-state index in [2.05, 4.69) is 20.6 Å². The van der Waals surface area contributed by atoms with Crippen LogP contribution in [0.2, 0.25) is 5.02 Å². The zero-order valence-electron chi connectivity index (χ0n) is 17.0. The Hall–Kier alpha value is -3.69. The molecule has 0 unspecified atom stereocenters. The van der Waals surface area contributed by atoms with Crippen molar-refractivity contribution in [3.05, 3.63) is 71.2 Å². The zero-order chi connectivity index (χ0) is 22.2. The molecular formula is C22H16ClN5O3S. The molecule has 2 aromatic carbocycles. The van der Waals surface area contributed by atoms with Crippen LogP contribution in [-0.4, -0.2) is 32.8 Å². The van der Waals surface area contributed by atoms with Gasteiger partial charge in [0, 0.05) is 16.1 Å². The van der Waals surface area contributed by atoms with E-state index in [0.717, 1.165) is 21.7 Å². The summed E-state index contributed by atoms with van der Waals surface area (Å²) in [6, 6.07) is 14.4. The Morgan fingerprint density at radius 2 is 2.00 bits per heavy atom. The van der Waals surface area contributed by atoms with Crippen molar-refractivity contribution in [2.24, 2.45) is 0 Å². The molecule has 32 heavy (non-hydrogen) atoms. The molecule has 0 aliphatic rings. The van der Waals surface area contributed by atoms with Gasteiger partial charge in [0.2, 0.25) is 4.96 Å². The Labute approximate surface area is 191 Å². The summed E-state index contributed by atoms with van der Waals surface area (Å²) in [7, 11) is 1.54. The van der Waals surface area contributed by atoms with Gasteiger partial charge in [0.05, 0.1) is 12.8 Å². The maximum absolute atomic E-state index is 12.9. The third kappa shape index (κ3) is 3.72. The van der Waals surface area contributed by atoms with Crippen LogP contribution >= 0.6 is 22.9 Å². The van der Waals surface area contributed by atoms with E-state index in [1.165, 1.54) is 17.7 Å². The van der Waals surface area contributed by atoms with E-state index in [1.807, 2.05) is 31.2 Å². The van der Waals surface area contributed by atoms with Crippen LogP contribution in [-0.2, 0) is 0 Å². The number of anilines is 1. The van der Waals surface area contributed by atoms with E-state index in [9.17, 15) is 4.79 Å². The highest BCUT2D eigenvalue weighted by molar-refractivity contribution is 7.19. The van der Waals surface area contributed by atoms with Gasteiger partial charge >= 0.3 is 0 Å². The molecule has 0 spiro atoms. The number of rotatable bonds is 5. The van der Waals surface area contributed by atoms with E-state index >= 15 is 0 Å². The molecule has 0 bridgehead atoms. The summed E-state index contributed by atoms with van der Waals surface area (Å²) in [6.45, 7) is 1.93. The summed E-state index contributed by atoms with van der Waals surface area (Å²) in [4.78, 5) is 13.6. The first-order chi connectivity index (χ1) is 15.5. The normalized spacial score (nSPS) is 11.1. The molecule has 8 nitrogen and oxygen atoms in total. The van der Waals surface area contributed by atoms with Gasteiger partial charge in [0.1, 0.15) is 22.8 Å². The number of hydrogen-bond donors (Lipinski definition) is 1. The molecule has 0 saturated heterocycles. The van der Waals surface area contributed by atoms with Gasteiger partial charge in [-0.3, -0.25) is 4.79 Å². The lowest BCUT2D eigenvalue weighted by molar-refractivity contribution is 0.0997. The molecule has 0 aliphatic carbocycles. The molecule has 1 amide bonds. The summed E-state index contributed by atoms with van der Waals surface area (Å²) < 4.78 is 12.8. The molecule has 0 aliphatic heterocycles. The SMILES string of the molecule is COc1ccc(-c2nn3cnnc3s2)cc1NC(=O)c1ccc(-c2ccc(C)c(Cl)c2)o1.